The van der Waals surface area contributed by atoms with Gasteiger partial charge in [-0.2, -0.15) is 0 Å². The van der Waals surface area contributed by atoms with Crippen LogP contribution in [0.2, 0.25) is 0 Å². The van der Waals surface area contributed by atoms with E-state index in [4.69, 9.17) is 0 Å². The quantitative estimate of drug-likeness (QED) is 0.422. The van der Waals surface area contributed by atoms with Gasteiger partial charge >= 0.3 is 0 Å². The van der Waals surface area contributed by atoms with Gasteiger partial charge in [-0.15, -0.1) is 0 Å². The topological polar surface area (TPSA) is 0 Å². The molecule has 1 atom stereocenters. The monoisotopic (exact) mass is 196 g/mol. The zero-order valence-corrected chi connectivity index (χ0v) is 10.2. The Kier molecular flexibility index (Phi) is 11.1. The van der Waals surface area contributed by atoms with Crippen molar-refractivity contribution in [3.63, 3.8) is 0 Å². The van der Waals surface area contributed by atoms with Crippen LogP contribution in [0.15, 0.2) is 0 Å². The fraction of sp³-hybridized carbons (Fsp3) is 0.857. The molecule has 1 unspecified atom stereocenters. The lowest BCUT2D eigenvalue weighted by atomic mass is 9.97. The first-order chi connectivity index (χ1) is 6.81. The Bertz CT molecular complexity index is 96.2. The number of hydrogen-bond donors (Lipinski definition) is 0. The van der Waals surface area contributed by atoms with Crippen molar-refractivity contribution in [3.8, 4) is 0 Å². The van der Waals surface area contributed by atoms with Gasteiger partial charge in [0.25, 0.3) is 0 Å². The summed E-state index contributed by atoms with van der Waals surface area (Å²) in [6.07, 6.45) is 14.5. The average molecular weight is 196 g/mol. The largest absolute Gasteiger partial charge is 0.0654 e. The van der Waals surface area contributed by atoms with Crippen molar-refractivity contribution >= 4 is 0 Å². The predicted molar refractivity (Wildman–Crippen MR) is 66.0 cm³/mol. The zero-order chi connectivity index (χ0) is 10.6. The summed E-state index contributed by atoms with van der Waals surface area (Å²) >= 11 is 0. The van der Waals surface area contributed by atoms with Gasteiger partial charge in [0.05, 0.1) is 0 Å². The Balaban J connectivity index is 3.02. The molecule has 0 nitrogen and oxygen atoms in total. The molecule has 0 aromatic rings. The van der Waals surface area contributed by atoms with Crippen LogP contribution in [0.3, 0.4) is 0 Å². The first kappa shape index (κ1) is 14.0. The molecule has 0 aliphatic heterocycles. The Labute approximate surface area is 91.5 Å². The average Bonchev–Trinajstić information content (AvgIpc) is 2.20. The molecule has 0 amide bonds. The van der Waals surface area contributed by atoms with Crippen molar-refractivity contribution in [2.45, 2.75) is 71.6 Å². The Hall–Kier alpha value is 0. The third-order valence-electron chi connectivity index (χ3n) is 2.73. The highest BCUT2D eigenvalue weighted by Crippen LogP contribution is 2.15. The van der Waals surface area contributed by atoms with Crippen LogP contribution in [0, 0.1) is 19.3 Å². The summed E-state index contributed by atoms with van der Waals surface area (Å²) in [7, 11) is 0. The van der Waals surface area contributed by atoms with Crippen molar-refractivity contribution in [3.05, 3.63) is 13.3 Å². The minimum atomic E-state index is 0.668. The van der Waals surface area contributed by atoms with E-state index in [1.807, 2.05) is 0 Å². The molecule has 0 aromatic carbocycles. The summed E-state index contributed by atoms with van der Waals surface area (Å²) in [6.45, 7) is 8.69. The first-order valence-corrected chi connectivity index (χ1v) is 6.46. The molecular formula is C14H28. The van der Waals surface area contributed by atoms with E-state index in [0.29, 0.717) is 5.92 Å². The third-order valence-corrected chi connectivity index (χ3v) is 2.73. The van der Waals surface area contributed by atoms with Crippen LogP contribution < -0.4 is 0 Å². The zero-order valence-electron chi connectivity index (χ0n) is 10.2. The smallest absolute Gasteiger partial charge is 0.0383 e. The highest BCUT2D eigenvalue weighted by Gasteiger charge is 2.00. The van der Waals surface area contributed by atoms with E-state index in [1.165, 1.54) is 57.8 Å². The molecule has 84 valence electrons. The maximum Gasteiger partial charge on any atom is -0.0383 e. The van der Waals surface area contributed by atoms with Gasteiger partial charge in [-0.05, 0) is 18.8 Å². The molecule has 2 radical (unpaired) electrons. The van der Waals surface area contributed by atoms with Gasteiger partial charge in [-0.3, -0.25) is 0 Å². The Morgan fingerprint density at radius 1 is 1.00 bits per heavy atom. The van der Waals surface area contributed by atoms with Crippen molar-refractivity contribution in [2.75, 3.05) is 0 Å². The highest BCUT2D eigenvalue weighted by molar-refractivity contribution is 4.72. The van der Waals surface area contributed by atoms with Crippen LogP contribution >= 0.6 is 0 Å². The van der Waals surface area contributed by atoms with E-state index in [-0.39, 0.29) is 0 Å². The molecule has 0 heterocycles. The second-order valence-corrected chi connectivity index (χ2v) is 4.38. The molecule has 0 fully saturated rings. The molecule has 0 saturated heterocycles. The second kappa shape index (κ2) is 11.1. The van der Waals surface area contributed by atoms with Crippen molar-refractivity contribution in [1.82, 2.24) is 0 Å². The minimum Gasteiger partial charge on any atom is -0.0654 e. The lowest BCUT2D eigenvalue weighted by molar-refractivity contribution is 0.529. The minimum absolute atomic E-state index is 0.668. The maximum atomic E-state index is 4.18. The van der Waals surface area contributed by atoms with Crippen LogP contribution in [0.1, 0.15) is 71.6 Å². The summed E-state index contributed by atoms with van der Waals surface area (Å²) in [6, 6.07) is 0. The van der Waals surface area contributed by atoms with E-state index in [0.717, 1.165) is 0 Å². The van der Waals surface area contributed by atoms with Gasteiger partial charge in [-0.1, -0.05) is 72.1 Å². The van der Waals surface area contributed by atoms with Crippen molar-refractivity contribution in [2.24, 2.45) is 5.92 Å². The lowest BCUT2D eigenvalue weighted by Gasteiger charge is -2.09. The molecule has 14 heavy (non-hydrogen) atoms. The molecule has 0 N–H and O–H groups in total. The number of rotatable bonds is 10. The molecule has 0 aromatic heterocycles. The summed E-state index contributed by atoms with van der Waals surface area (Å²) in [5, 5.41) is 0. The highest BCUT2D eigenvalue weighted by atomic mass is 14.1. The van der Waals surface area contributed by atoms with E-state index >= 15 is 0 Å². The van der Waals surface area contributed by atoms with Crippen molar-refractivity contribution < 1.29 is 0 Å². The molecule has 0 aliphatic rings. The molecule has 0 saturated carbocycles. The maximum absolute atomic E-state index is 4.18. The second-order valence-electron chi connectivity index (χ2n) is 4.38. The van der Waals surface area contributed by atoms with E-state index < -0.39 is 0 Å². The van der Waals surface area contributed by atoms with Crippen LogP contribution in [0.5, 0.6) is 0 Å². The molecule has 0 rings (SSSR count). The van der Waals surface area contributed by atoms with Gasteiger partial charge < -0.3 is 0 Å². The van der Waals surface area contributed by atoms with E-state index in [2.05, 4.69) is 27.2 Å². The van der Waals surface area contributed by atoms with Crippen molar-refractivity contribution in [1.29, 1.82) is 0 Å². The van der Waals surface area contributed by atoms with Gasteiger partial charge in [0.1, 0.15) is 0 Å². The SMILES string of the molecule is [CH2]C(C[CH]CCCCCC)CCCC. The van der Waals surface area contributed by atoms with E-state index in [9.17, 15) is 0 Å². The number of unbranched alkanes of at least 4 members (excludes halogenated alkanes) is 6. The summed E-state index contributed by atoms with van der Waals surface area (Å²) in [5.41, 5.74) is 0. The summed E-state index contributed by atoms with van der Waals surface area (Å²) < 4.78 is 0. The normalized spacial score (nSPS) is 13.1. The fourth-order valence-electron chi connectivity index (χ4n) is 1.68. The number of hydrogen-bond acceptors (Lipinski definition) is 0. The summed E-state index contributed by atoms with van der Waals surface area (Å²) in [4.78, 5) is 0. The van der Waals surface area contributed by atoms with Gasteiger partial charge in [0.15, 0.2) is 0 Å². The van der Waals surface area contributed by atoms with E-state index in [1.54, 1.807) is 0 Å². The Morgan fingerprint density at radius 2 is 1.71 bits per heavy atom. The van der Waals surface area contributed by atoms with Gasteiger partial charge in [0, 0.05) is 0 Å². The predicted octanol–water partition coefficient (Wildman–Crippen LogP) is 5.19. The van der Waals surface area contributed by atoms with Gasteiger partial charge in [-0.25, -0.2) is 0 Å². The van der Waals surface area contributed by atoms with Gasteiger partial charge in [0.2, 0.25) is 0 Å². The third kappa shape index (κ3) is 10.1. The molecule has 0 heteroatoms. The van der Waals surface area contributed by atoms with Crippen LogP contribution in [0.25, 0.3) is 0 Å². The molecule has 0 aliphatic carbocycles. The standard InChI is InChI=1S/C14H28/c1-4-6-8-9-10-11-13-14(3)12-7-5-2/h11,14H,3-10,12-13H2,1-2H3. The first-order valence-electron chi connectivity index (χ1n) is 6.46. The molecular weight excluding hydrogens is 168 g/mol. The Morgan fingerprint density at radius 3 is 2.36 bits per heavy atom. The molecule has 0 spiro atoms. The molecule has 0 bridgehead atoms. The van der Waals surface area contributed by atoms with Crippen LogP contribution in [-0.4, -0.2) is 0 Å². The van der Waals surface area contributed by atoms with Crippen LogP contribution in [0.4, 0.5) is 0 Å². The fourth-order valence-corrected chi connectivity index (χ4v) is 1.68. The summed E-state index contributed by atoms with van der Waals surface area (Å²) in [5.74, 6) is 0.668. The lowest BCUT2D eigenvalue weighted by Crippen LogP contribution is -1.95. The van der Waals surface area contributed by atoms with Crippen LogP contribution in [-0.2, 0) is 0 Å².